The van der Waals surface area contributed by atoms with Gasteiger partial charge in [-0.1, -0.05) is 41.9 Å². The van der Waals surface area contributed by atoms with Crippen molar-refractivity contribution in [1.29, 1.82) is 0 Å². The van der Waals surface area contributed by atoms with E-state index >= 15 is 0 Å². The van der Waals surface area contributed by atoms with Gasteiger partial charge in [0.25, 0.3) is 0 Å². The van der Waals surface area contributed by atoms with E-state index < -0.39 is 0 Å². The average molecular weight is 418 g/mol. The van der Waals surface area contributed by atoms with Crippen LogP contribution in [0.15, 0.2) is 60.7 Å². The first-order valence-electron chi connectivity index (χ1n) is 10.3. The molecule has 6 heteroatoms. The molecule has 0 N–H and O–H groups in total. The number of halogens is 1. The minimum absolute atomic E-state index is 0.731. The maximum absolute atomic E-state index is 6.09. The summed E-state index contributed by atoms with van der Waals surface area (Å²) in [5.41, 5.74) is 6.31. The van der Waals surface area contributed by atoms with Crippen LogP contribution in [-0.2, 0) is 0 Å². The molecular weight excluding hydrogens is 394 g/mol. The van der Waals surface area contributed by atoms with Gasteiger partial charge in [0.05, 0.1) is 5.69 Å². The van der Waals surface area contributed by atoms with Crippen molar-refractivity contribution in [3.05, 3.63) is 77.1 Å². The van der Waals surface area contributed by atoms with Crippen molar-refractivity contribution in [3.8, 4) is 11.1 Å². The zero-order valence-electron chi connectivity index (χ0n) is 17.2. The molecule has 0 radical (unpaired) electrons. The number of piperazine rings is 1. The van der Waals surface area contributed by atoms with E-state index in [-0.39, 0.29) is 0 Å². The molecular formula is C24H24ClN5. The van der Waals surface area contributed by atoms with Crippen LogP contribution >= 0.6 is 11.6 Å². The minimum Gasteiger partial charge on any atom is -0.368 e. The van der Waals surface area contributed by atoms with Crippen LogP contribution in [0.1, 0.15) is 11.4 Å². The molecule has 1 aliphatic heterocycles. The molecule has 5 rings (SSSR count). The van der Waals surface area contributed by atoms with E-state index in [4.69, 9.17) is 21.7 Å². The largest absolute Gasteiger partial charge is 0.368 e. The molecule has 3 heterocycles. The van der Waals surface area contributed by atoms with Crippen molar-refractivity contribution < 1.29 is 0 Å². The number of aromatic nitrogens is 3. The molecule has 0 aliphatic carbocycles. The summed E-state index contributed by atoms with van der Waals surface area (Å²) < 4.78 is 2.00. The smallest absolute Gasteiger partial charge is 0.165 e. The summed E-state index contributed by atoms with van der Waals surface area (Å²) in [5, 5.41) is 5.60. The fraction of sp³-hybridized carbons (Fsp3) is 0.250. The number of benzene rings is 2. The number of para-hydroxylation sites is 1. The summed E-state index contributed by atoms with van der Waals surface area (Å²) in [6.45, 7) is 7.96. The Hall–Kier alpha value is -3.05. The number of anilines is 2. The lowest BCUT2D eigenvalue weighted by Gasteiger charge is -2.37. The SMILES string of the molecule is Cc1cc(N2CCN(c3ccccc3)CC2)n2nc(C)c(-c3ccc(Cl)cc3)c2n1. The molecule has 0 bridgehead atoms. The molecule has 152 valence electrons. The Labute approximate surface area is 181 Å². The molecule has 1 aliphatic rings. The summed E-state index contributed by atoms with van der Waals surface area (Å²) >= 11 is 6.09. The highest BCUT2D eigenvalue weighted by molar-refractivity contribution is 6.30. The van der Waals surface area contributed by atoms with Gasteiger partial charge in [-0.25, -0.2) is 4.98 Å². The first-order valence-corrected chi connectivity index (χ1v) is 10.7. The number of nitrogens with zero attached hydrogens (tertiary/aromatic N) is 5. The van der Waals surface area contributed by atoms with Gasteiger partial charge in [-0.15, -0.1) is 0 Å². The summed E-state index contributed by atoms with van der Waals surface area (Å²) in [6.07, 6.45) is 0. The lowest BCUT2D eigenvalue weighted by Crippen LogP contribution is -2.47. The molecule has 0 unspecified atom stereocenters. The van der Waals surface area contributed by atoms with Gasteiger partial charge < -0.3 is 9.80 Å². The monoisotopic (exact) mass is 417 g/mol. The van der Waals surface area contributed by atoms with Gasteiger partial charge in [0.15, 0.2) is 5.65 Å². The third-order valence-electron chi connectivity index (χ3n) is 5.73. The number of aryl methyl sites for hydroxylation is 2. The summed E-state index contributed by atoms with van der Waals surface area (Å²) in [6, 6.07) is 20.7. The van der Waals surface area contributed by atoms with Crippen LogP contribution in [0.2, 0.25) is 5.02 Å². The van der Waals surface area contributed by atoms with E-state index in [0.29, 0.717) is 0 Å². The Kier molecular flexibility index (Phi) is 4.83. The number of rotatable bonds is 3. The zero-order valence-corrected chi connectivity index (χ0v) is 18.0. The summed E-state index contributed by atoms with van der Waals surface area (Å²) in [7, 11) is 0. The van der Waals surface area contributed by atoms with Crippen LogP contribution in [0.5, 0.6) is 0 Å². The minimum atomic E-state index is 0.731. The van der Waals surface area contributed by atoms with Crippen molar-refractivity contribution in [2.75, 3.05) is 36.0 Å². The third-order valence-corrected chi connectivity index (χ3v) is 5.98. The predicted molar refractivity (Wildman–Crippen MR) is 124 cm³/mol. The van der Waals surface area contributed by atoms with Crippen LogP contribution in [0.25, 0.3) is 16.8 Å². The predicted octanol–water partition coefficient (Wildman–Crippen LogP) is 4.99. The normalized spacial score (nSPS) is 14.5. The molecule has 4 aromatic rings. The molecule has 1 saturated heterocycles. The number of fused-ring (bicyclic) bond motifs is 1. The Morgan fingerprint density at radius 3 is 2.20 bits per heavy atom. The van der Waals surface area contributed by atoms with Crippen LogP contribution in [0, 0.1) is 13.8 Å². The van der Waals surface area contributed by atoms with Crippen LogP contribution in [-0.4, -0.2) is 40.8 Å². The van der Waals surface area contributed by atoms with Gasteiger partial charge in [0.2, 0.25) is 0 Å². The maximum atomic E-state index is 6.09. The molecule has 2 aromatic carbocycles. The highest BCUT2D eigenvalue weighted by atomic mass is 35.5. The fourth-order valence-corrected chi connectivity index (χ4v) is 4.36. The molecule has 0 amide bonds. The topological polar surface area (TPSA) is 36.7 Å². The van der Waals surface area contributed by atoms with Gasteiger partial charge in [-0.3, -0.25) is 0 Å². The van der Waals surface area contributed by atoms with Crippen molar-refractivity contribution in [1.82, 2.24) is 14.6 Å². The Morgan fingerprint density at radius 2 is 1.50 bits per heavy atom. The Bertz CT molecular complexity index is 1180. The summed E-state index contributed by atoms with van der Waals surface area (Å²) in [4.78, 5) is 9.70. The standard InChI is InChI=1S/C24H24ClN5/c1-17-16-22(29-14-12-28(13-15-29)21-6-4-3-5-7-21)30-24(26-17)23(18(2)27-30)19-8-10-20(25)11-9-19/h3-11,16H,12-15H2,1-2H3. The van der Waals surface area contributed by atoms with E-state index in [9.17, 15) is 0 Å². The highest BCUT2D eigenvalue weighted by Gasteiger charge is 2.22. The molecule has 1 fully saturated rings. The average Bonchev–Trinajstić information content (AvgIpc) is 3.10. The lowest BCUT2D eigenvalue weighted by molar-refractivity contribution is 0.638. The van der Waals surface area contributed by atoms with E-state index in [0.717, 1.165) is 65.2 Å². The summed E-state index contributed by atoms with van der Waals surface area (Å²) in [5.74, 6) is 1.11. The first-order chi connectivity index (χ1) is 14.6. The van der Waals surface area contributed by atoms with Gasteiger partial charge in [0.1, 0.15) is 5.82 Å². The number of hydrogen-bond donors (Lipinski definition) is 0. The van der Waals surface area contributed by atoms with E-state index in [1.165, 1.54) is 5.69 Å². The van der Waals surface area contributed by atoms with Crippen molar-refractivity contribution in [2.45, 2.75) is 13.8 Å². The second-order valence-electron chi connectivity index (χ2n) is 7.77. The molecule has 0 atom stereocenters. The lowest BCUT2D eigenvalue weighted by atomic mass is 10.1. The van der Waals surface area contributed by atoms with Gasteiger partial charge in [0, 0.05) is 54.2 Å². The van der Waals surface area contributed by atoms with Crippen LogP contribution in [0.3, 0.4) is 0 Å². The Balaban J connectivity index is 1.50. The highest BCUT2D eigenvalue weighted by Crippen LogP contribution is 2.31. The van der Waals surface area contributed by atoms with E-state index in [2.05, 4.69) is 53.1 Å². The Morgan fingerprint density at radius 1 is 0.833 bits per heavy atom. The fourth-order valence-electron chi connectivity index (χ4n) is 4.24. The molecule has 5 nitrogen and oxygen atoms in total. The molecule has 30 heavy (non-hydrogen) atoms. The first kappa shape index (κ1) is 18.9. The maximum Gasteiger partial charge on any atom is 0.165 e. The van der Waals surface area contributed by atoms with Crippen molar-refractivity contribution in [3.63, 3.8) is 0 Å². The van der Waals surface area contributed by atoms with Gasteiger partial charge in [-0.2, -0.15) is 9.61 Å². The number of hydrogen-bond acceptors (Lipinski definition) is 4. The molecule has 0 saturated carbocycles. The van der Waals surface area contributed by atoms with E-state index in [1.54, 1.807) is 0 Å². The van der Waals surface area contributed by atoms with E-state index in [1.807, 2.05) is 35.7 Å². The van der Waals surface area contributed by atoms with Crippen molar-refractivity contribution >= 4 is 28.8 Å². The van der Waals surface area contributed by atoms with Gasteiger partial charge >= 0.3 is 0 Å². The van der Waals surface area contributed by atoms with Gasteiger partial charge in [-0.05, 0) is 43.7 Å². The third kappa shape index (κ3) is 3.39. The zero-order chi connectivity index (χ0) is 20.7. The van der Waals surface area contributed by atoms with Crippen molar-refractivity contribution in [2.24, 2.45) is 0 Å². The van der Waals surface area contributed by atoms with Crippen LogP contribution < -0.4 is 9.80 Å². The molecule has 0 spiro atoms. The quantitative estimate of drug-likeness (QED) is 0.470. The second kappa shape index (κ2) is 7.65. The molecule has 2 aromatic heterocycles. The van der Waals surface area contributed by atoms with Crippen LogP contribution in [0.4, 0.5) is 11.5 Å². The second-order valence-corrected chi connectivity index (χ2v) is 8.20.